The average Bonchev–Trinajstić information content (AvgIpc) is 3.06. The van der Waals surface area contributed by atoms with E-state index in [4.69, 9.17) is 5.11 Å². The van der Waals surface area contributed by atoms with Crippen LogP contribution >= 0.6 is 0 Å². The molecular formula is C18H28N4O3. The fourth-order valence-electron chi connectivity index (χ4n) is 4.01. The number of H-pyrrole nitrogens is 1. The Balaban J connectivity index is 1.47. The number of carboxylic acids is 1. The molecule has 0 aromatic carbocycles. The van der Waals surface area contributed by atoms with E-state index in [1.807, 2.05) is 17.9 Å². The average molecular weight is 348 g/mol. The minimum atomic E-state index is -0.805. The molecule has 2 saturated carbocycles. The van der Waals surface area contributed by atoms with Crippen LogP contribution in [0.3, 0.4) is 0 Å². The highest BCUT2D eigenvalue weighted by molar-refractivity contribution is 5.92. The van der Waals surface area contributed by atoms with Gasteiger partial charge in [-0.25, -0.2) is 0 Å². The number of aromatic amines is 1. The number of carbonyl (C=O) groups excluding carboxylic acids is 1. The van der Waals surface area contributed by atoms with E-state index in [1.54, 1.807) is 0 Å². The Morgan fingerprint density at radius 1 is 1.32 bits per heavy atom. The summed E-state index contributed by atoms with van der Waals surface area (Å²) in [4.78, 5) is 25.2. The fraction of sp³-hybridized carbons (Fsp3) is 0.722. The van der Waals surface area contributed by atoms with Crippen molar-refractivity contribution in [1.29, 1.82) is 0 Å². The van der Waals surface area contributed by atoms with Gasteiger partial charge in [-0.1, -0.05) is 26.2 Å². The van der Waals surface area contributed by atoms with Crippen molar-refractivity contribution in [1.82, 2.24) is 20.4 Å². The second-order valence-electron chi connectivity index (χ2n) is 7.30. The van der Waals surface area contributed by atoms with Gasteiger partial charge < -0.3 is 10.4 Å². The normalized spacial score (nSPS) is 24.1. The third kappa shape index (κ3) is 4.39. The van der Waals surface area contributed by atoms with Gasteiger partial charge in [-0.2, -0.15) is 5.10 Å². The van der Waals surface area contributed by atoms with E-state index >= 15 is 0 Å². The van der Waals surface area contributed by atoms with Gasteiger partial charge in [0.1, 0.15) is 5.69 Å². The molecule has 138 valence electrons. The van der Waals surface area contributed by atoms with Crippen LogP contribution in [0.5, 0.6) is 0 Å². The van der Waals surface area contributed by atoms with Crippen molar-refractivity contribution in [2.75, 3.05) is 13.1 Å². The number of carboxylic acid groups (broad SMARTS) is 1. The van der Waals surface area contributed by atoms with Crippen molar-refractivity contribution in [2.24, 2.45) is 0 Å². The number of hydrogen-bond acceptors (Lipinski definition) is 4. The smallest absolute Gasteiger partial charge is 0.317 e. The van der Waals surface area contributed by atoms with Crippen LogP contribution in [0.1, 0.15) is 74.0 Å². The Bertz CT molecular complexity index is 603. The SMILES string of the molecule is CCN(CC(=O)O)C1CC(NC(=O)c2cc(C3CCCCC3)[nH]n2)C1. The van der Waals surface area contributed by atoms with Crippen LogP contribution in [0.2, 0.25) is 0 Å². The Morgan fingerprint density at radius 3 is 2.68 bits per heavy atom. The Morgan fingerprint density at radius 2 is 2.04 bits per heavy atom. The van der Waals surface area contributed by atoms with Gasteiger partial charge in [0.2, 0.25) is 0 Å². The molecule has 3 N–H and O–H groups in total. The summed E-state index contributed by atoms with van der Waals surface area (Å²) in [5.41, 5.74) is 1.54. The third-order valence-electron chi connectivity index (χ3n) is 5.58. The summed E-state index contributed by atoms with van der Waals surface area (Å²) in [6.45, 7) is 2.74. The number of aliphatic carboxylic acids is 1. The van der Waals surface area contributed by atoms with Crippen LogP contribution in [0.25, 0.3) is 0 Å². The minimum absolute atomic E-state index is 0.0615. The molecule has 1 amide bonds. The number of nitrogens with zero attached hydrogens (tertiary/aromatic N) is 2. The quantitative estimate of drug-likeness (QED) is 0.701. The molecule has 1 heterocycles. The van der Waals surface area contributed by atoms with Crippen LogP contribution in [-0.4, -0.2) is 57.3 Å². The second-order valence-corrected chi connectivity index (χ2v) is 7.30. The molecule has 2 aliphatic rings. The van der Waals surface area contributed by atoms with E-state index < -0.39 is 5.97 Å². The number of amides is 1. The molecule has 0 radical (unpaired) electrons. The molecular weight excluding hydrogens is 320 g/mol. The minimum Gasteiger partial charge on any atom is -0.480 e. The number of carbonyl (C=O) groups is 2. The lowest BCUT2D eigenvalue weighted by molar-refractivity contribution is -0.139. The molecule has 1 aromatic heterocycles. The Labute approximate surface area is 148 Å². The van der Waals surface area contributed by atoms with Gasteiger partial charge in [-0.3, -0.25) is 19.6 Å². The second kappa shape index (κ2) is 7.99. The zero-order chi connectivity index (χ0) is 17.8. The van der Waals surface area contributed by atoms with Gasteiger partial charge in [0.05, 0.1) is 6.54 Å². The van der Waals surface area contributed by atoms with Crippen molar-refractivity contribution in [3.8, 4) is 0 Å². The lowest BCUT2D eigenvalue weighted by Crippen LogP contribution is -2.54. The highest BCUT2D eigenvalue weighted by Crippen LogP contribution is 2.32. The highest BCUT2D eigenvalue weighted by Gasteiger charge is 2.35. The van der Waals surface area contributed by atoms with Crippen molar-refractivity contribution >= 4 is 11.9 Å². The zero-order valence-electron chi connectivity index (χ0n) is 14.8. The molecule has 0 aliphatic heterocycles. The van der Waals surface area contributed by atoms with Gasteiger partial charge in [0.25, 0.3) is 5.91 Å². The summed E-state index contributed by atoms with van der Waals surface area (Å²) in [5.74, 6) is -0.436. The fourth-order valence-corrected chi connectivity index (χ4v) is 4.01. The van der Waals surface area contributed by atoms with Gasteiger partial charge >= 0.3 is 5.97 Å². The summed E-state index contributed by atoms with van der Waals surface area (Å²) >= 11 is 0. The van der Waals surface area contributed by atoms with E-state index in [0.717, 1.165) is 18.5 Å². The Hall–Kier alpha value is -1.89. The van der Waals surface area contributed by atoms with Gasteiger partial charge in [0, 0.05) is 23.7 Å². The topological polar surface area (TPSA) is 98.3 Å². The van der Waals surface area contributed by atoms with E-state index in [2.05, 4.69) is 15.5 Å². The third-order valence-corrected chi connectivity index (χ3v) is 5.58. The Kier molecular flexibility index (Phi) is 5.73. The monoisotopic (exact) mass is 348 g/mol. The van der Waals surface area contributed by atoms with Crippen molar-refractivity contribution in [3.05, 3.63) is 17.5 Å². The molecule has 7 nitrogen and oxygen atoms in total. The summed E-state index contributed by atoms with van der Waals surface area (Å²) in [7, 11) is 0. The molecule has 25 heavy (non-hydrogen) atoms. The number of rotatable bonds is 7. The first-order valence-corrected chi connectivity index (χ1v) is 9.38. The van der Waals surface area contributed by atoms with Crippen LogP contribution in [0, 0.1) is 0 Å². The predicted molar refractivity (Wildman–Crippen MR) is 93.6 cm³/mol. The van der Waals surface area contributed by atoms with Gasteiger partial charge in [-0.05, 0) is 38.3 Å². The first-order valence-electron chi connectivity index (χ1n) is 9.38. The first kappa shape index (κ1) is 17.9. The van der Waals surface area contributed by atoms with E-state index in [-0.39, 0.29) is 24.5 Å². The summed E-state index contributed by atoms with van der Waals surface area (Å²) < 4.78 is 0. The van der Waals surface area contributed by atoms with E-state index in [0.29, 0.717) is 18.2 Å². The van der Waals surface area contributed by atoms with Crippen molar-refractivity contribution in [2.45, 2.75) is 69.9 Å². The molecule has 0 spiro atoms. The molecule has 7 heteroatoms. The summed E-state index contributed by atoms with van der Waals surface area (Å²) in [6, 6.07) is 2.24. The van der Waals surface area contributed by atoms with Gasteiger partial charge in [-0.15, -0.1) is 0 Å². The zero-order valence-corrected chi connectivity index (χ0v) is 14.8. The molecule has 2 fully saturated rings. The van der Waals surface area contributed by atoms with Crippen LogP contribution < -0.4 is 5.32 Å². The van der Waals surface area contributed by atoms with Crippen LogP contribution in [0.15, 0.2) is 6.07 Å². The van der Waals surface area contributed by atoms with Crippen LogP contribution in [-0.2, 0) is 4.79 Å². The largest absolute Gasteiger partial charge is 0.480 e. The molecule has 2 aliphatic carbocycles. The van der Waals surface area contributed by atoms with Crippen LogP contribution in [0.4, 0.5) is 0 Å². The summed E-state index contributed by atoms with van der Waals surface area (Å²) in [6.07, 6.45) is 7.74. The molecule has 0 bridgehead atoms. The molecule has 3 rings (SSSR count). The first-order chi connectivity index (χ1) is 12.1. The van der Waals surface area contributed by atoms with Gasteiger partial charge in [0.15, 0.2) is 0 Å². The maximum Gasteiger partial charge on any atom is 0.317 e. The maximum absolute atomic E-state index is 12.4. The number of hydrogen-bond donors (Lipinski definition) is 3. The molecule has 0 saturated heterocycles. The maximum atomic E-state index is 12.4. The molecule has 0 unspecified atom stereocenters. The molecule has 1 aromatic rings. The number of nitrogens with one attached hydrogen (secondary N) is 2. The summed E-state index contributed by atoms with van der Waals surface area (Å²) in [5, 5.41) is 19.2. The number of aromatic nitrogens is 2. The predicted octanol–water partition coefficient (Wildman–Crippen LogP) is 2.12. The molecule has 0 atom stereocenters. The highest BCUT2D eigenvalue weighted by atomic mass is 16.4. The van der Waals surface area contributed by atoms with Crippen molar-refractivity contribution in [3.63, 3.8) is 0 Å². The number of likely N-dealkylation sites (N-methyl/N-ethyl adjacent to an activating group) is 1. The van der Waals surface area contributed by atoms with Crippen molar-refractivity contribution < 1.29 is 14.7 Å². The lowest BCUT2D eigenvalue weighted by atomic mass is 9.85. The lowest BCUT2D eigenvalue weighted by Gasteiger charge is -2.42. The van der Waals surface area contributed by atoms with E-state index in [1.165, 1.54) is 32.1 Å². The standard InChI is InChI=1S/C18H28N4O3/c1-2-22(11-17(23)24)14-8-13(9-14)19-18(25)16-10-15(20-21-16)12-6-4-3-5-7-12/h10,12-14H,2-9,11H2,1H3,(H,19,25)(H,20,21)(H,23,24). The van der Waals surface area contributed by atoms with E-state index in [9.17, 15) is 9.59 Å².